The number of likely N-dealkylation sites (N-methyl/N-ethyl adjacent to an activating group) is 1. The van der Waals surface area contributed by atoms with Crippen molar-refractivity contribution in [2.75, 3.05) is 13.6 Å². The van der Waals surface area contributed by atoms with Crippen LogP contribution in [0.1, 0.15) is 20.3 Å². The molecule has 0 fully saturated rings. The van der Waals surface area contributed by atoms with Crippen molar-refractivity contribution < 1.29 is 19.8 Å². The first-order chi connectivity index (χ1) is 6.88. The highest BCUT2D eigenvalue weighted by atomic mass is 16.4. The van der Waals surface area contributed by atoms with Crippen molar-refractivity contribution >= 4 is 12.0 Å². The fourth-order valence-electron chi connectivity index (χ4n) is 1.08. The Balaban J connectivity index is 4.16. The van der Waals surface area contributed by atoms with Crippen LogP contribution in [0.15, 0.2) is 0 Å². The lowest BCUT2D eigenvalue weighted by Crippen LogP contribution is -2.47. The fraction of sp³-hybridized carbons (Fsp3) is 0.778. The van der Waals surface area contributed by atoms with Crippen LogP contribution in [0.2, 0.25) is 0 Å². The Morgan fingerprint density at radius 1 is 1.47 bits per heavy atom. The SMILES string of the molecule is CCC(NC(=O)N(C)CC(C)O)C(=O)O. The molecule has 0 saturated carbocycles. The van der Waals surface area contributed by atoms with Gasteiger partial charge in [-0.05, 0) is 13.3 Å². The van der Waals surface area contributed by atoms with Crippen LogP contribution in [0.5, 0.6) is 0 Å². The number of carbonyl (C=O) groups is 2. The Labute approximate surface area is 88.9 Å². The third-order valence-corrected chi connectivity index (χ3v) is 1.89. The first-order valence-electron chi connectivity index (χ1n) is 4.81. The molecule has 0 bridgehead atoms. The van der Waals surface area contributed by atoms with Crippen LogP contribution in [-0.4, -0.2) is 52.9 Å². The second-order valence-corrected chi connectivity index (χ2v) is 3.48. The Morgan fingerprint density at radius 3 is 2.33 bits per heavy atom. The Kier molecular flexibility index (Phi) is 5.69. The molecule has 0 aromatic rings. The zero-order valence-corrected chi connectivity index (χ0v) is 9.23. The van der Waals surface area contributed by atoms with E-state index in [-0.39, 0.29) is 6.54 Å². The number of carboxylic acid groups (broad SMARTS) is 1. The maximum Gasteiger partial charge on any atom is 0.326 e. The van der Waals surface area contributed by atoms with Crippen molar-refractivity contribution in [2.45, 2.75) is 32.4 Å². The molecule has 2 amide bonds. The number of nitrogens with zero attached hydrogens (tertiary/aromatic N) is 1. The Morgan fingerprint density at radius 2 is 2.00 bits per heavy atom. The summed E-state index contributed by atoms with van der Waals surface area (Å²) in [6.07, 6.45) is -0.311. The third kappa shape index (κ3) is 5.21. The van der Waals surface area contributed by atoms with Crippen molar-refractivity contribution in [1.82, 2.24) is 10.2 Å². The summed E-state index contributed by atoms with van der Waals surface area (Å²) in [6, 6.07) is -1.38. The summed E-state index contributed by atoms with van der Waals surface area (Å²) in [4.78, 5) is 23.3. The minimum atomic E-state index is -1.06. The van der Waals surface area contributed by atoms with Crippen LogP contribution in [0.3, 0.4) is 0 Å². The van der Waals surface area contributed by atoms with Crippen molar-refractivity contribution in [3.05, 3.63) is 0 Å². The number of aliphatic carboxylic acids is 1. The number of carbonyl (C=O) groups excluding carboxylic acids is 1. The van der Waals surface area contributed by atoms with Gasteiger partial charge in [0.1, 0.15) is 6.04 Å². The Bertz CT molecular complexity index is 230. The van der Waals surface area contributed by atoms with Crippen molar-refractivity contribution in [2.24, 2.45) is 0 Å². The van der Waals surface area contributed by atoms with E-state index in [0.717, 1.165) is 0 Å². The maximum atomic E-state index is 11.4. The molecule has 2 atom stereocenters. The number of aliphatic hydroxyl groups is 1. The van der Waals surface area contributed by atoms with E-state index < -0.39 is 24.1 Å². The number of amides is 2. The highest BCUT2D eigenvalue weighted by Gasteiger charge is 2.19. The molecule has 0 saturated heterocycles. The predicted molar refractivity (Wildman–Crippen MR) is 54.6 cm³/mol. The van der Waals surface area contributed by atoms with Gasteiger partial charge in [0.25, 0.3) is 0 Å². The summed E-state index contributed by atoms with van der Waals surface area (Å²) < 4.78 is 0. The second-order valence-electron chi connectivity index (χ2n) is 3.48. The molecule has 6 nitrogen and oxygen atoms in total. The van der Waals surface area contributed by atoms with Crippen molar-refractivity contribution in [3.63, 3.8) is 0 Å². The molecule has 0 heterocycles. The molecule has 88 valence electrons. The molecular weight excluding hydrogens is 200 g/mol. The quantitative estimate of drug-likeness (QED) is 0.599. The number of aliphatic hydroxyl groups excluding tert-OH is 1. The second kappa shape index (κ2) is 6.23. The van der Waals surface area contributed by atoms with E-state index in [0.29, 0.717) is 6.42 Å². The van der Waals surface area contributed by atoms with Gasteiger partial charge in [-0.25, -0.2) is 9.59 Å². The molecular formula is C9H18N2O4. The van der Waals surface area contributed by atoms with E-state index in [1.165, 1.54) is 11.9 Å². The van der Waals surface area contributed by atoms with Crippen LogP contribution in [0.4, 0.5) is 4.79 Å². The monoisotopic (exact) mass is 218 g/mol. The number of hydrogen-bond acceptors (Lipinski definition) is 3. The smallest absolute Gasteiger partial charge is 0.326 e. The molecule has 0 radical (unpaired) electrons. The molecule has 0 aliphatic carbocycles. The lowest BCUT2D eigenvalue weighted by molar-refractivity contribution is -0.139. The third-order valence-electron chi connectivity index (χ3n) is 1.89. The van der Waals surface area contributed by atoms with Gasteiger partial charge < -0.3 is 20.4 Å². The van der Waals surface area contributed by atoms with Crippen LogP contribution in [0, 0.1) is 0 Å². The number of carboxylic acids is 1. The van der Waals surface area contributed by atoms with Gasteiger partial charge in [-0.15, -0.1) is 0 Å². The normalized spacial score (nSPS) is 14.1. The molecule has 3 N–H and O–H groups in total. The fourth-order valence-corrected chi connectivity index (χ4v) is 1.08. The van der Waals surface area contributed by atoms with Gasteiger partial charge in [-0.3, -0.25) is 0 Å². The average Bonchev–Trinajstić information content (AvgIpc) is 2.11. The van der Waals surface area contributed by atoms with Gasteiger partial charge in [0.2, 0.25) is 0 Å². The van der Waals surface area contributed by atoms with Gasteiger partial charge in [-0.2, -0.15) is 0 Å². The van der Waals surface area contributed by atoms with Gasteiger partial charge in [0.15, 0.2) is 0 Å². The largest absolute Gasteiger partial charge is 0.480 e. The van der Waals surface area contributed by atoms with E-state index in [9.17, 15) is 9.59 Å². The number of nitrogens with one attached hydrogen (secondary N) is 1. The van der Waals surface area contributed by atoms with E-state index in [1.807, 2.05) is 0 Å². The molecule has 0 rings (SSSR count). The standard InChI is InChI=1S/C9H18N2O4/c1-4-7(8(13)14)10-9(15)11(3)5-6(2)12/h6-7,12H,4-5H2,1-3H3,(H,10,15)(H,13,14). The van der Waals surface area contributed by atoms with Crippen LogP contribution >= 0.6 is 0 Å². The topological polar surface area (TPSA) is 89.9 Å². The van der Waals surface area contributed by atoms with Crippen molar-refractivity contribution in [3.8, 4) is 0 Å². The van der Waals surface area contributed by atoms with Crippen LogP contribution in [-0.2, 0) is 4.79 Å². The minimum absolute atomic E-state index is 0.169. The van der Waals surface area contributed by atoms with E-state index in [2.05, 4.69) is 5.32 Å². The summed E-state index contributed by atoms with van der Waals surface area (Å²) in [5, 5.41) is 20.1. The highest BCUT2D eigenvalue weighted by Crippen LogP contribution is 1.95. The number of rotatable bonds is 5. The van der Waals surface area contributed by atoms with E-state index >= 15 is 0 Å². The zero-order valence-electron chi connectivity index (χ0n) is 9.23. The molecule has 0 aromatic carbocycles. The lowest BCUT2D eigenvalue weighted by atomic mass is 10.2. The number of urea groups is 1. The summed E-state index contributed by atoms with van der Waals surface area (Å²) in [5.74, 6) is -1.06. The van der Waals surface area contributed by atoms with E-state index in [4.69, 9.17) is 10.2 Å². The molecule has 0 aliphatic heterocycles. The summed E-state index contributed by atoms with van der Waals surface area (Å²) in [5.41, 5.74) is 0. The van der Waals surface area contributed by atoms with Gasteiger partial charge in [0.05, 0.1) is 6.10 Å². The molecule has 0 aliphatic rings. The maximum absolute atomic E-state index is 11.4. The molecule has 6 heteroatoms. The van der Waals surface area contributed by atoms with Gasteiger partial charge >= 0.3 is 12.0 Å². The lowest BCUT2D eigenvalue weighted by Gasteiger charge is -2.21. The summed E-state index contributed by atoms with van der Waals surface area (Å²) >= 11 is 0. The van der Waals surface area contributed by atoms with Crippen molar-refractivity contribution in [1.29, 1.82) is 0 Å². The van der Waals surface area contributed by atoms with E-state index in [1.54, 1.807) is 13.8 Å². The minimum Gasteiger partial charge on any atom is -0.480 e. The number of hydrogen-bond donors (Lipinski definition) is 3. The molecule has 15 heavy (non-hydrogen) atoms. The first kappa shape index (κ1) is 13.7. The average molecular weight is 218 g/mol. The van der Waals surface area contributed by atoms with Gasteiger partial charge in [0, 0.05) is 13.6 Å². The molecule has 0 aromatic heterocycles. The van der Waals surface area contributed by atoms with Crippen LogP contribution in [0.25, 0.3) is 0 Å². The Hall–Kier alpha value is -1.30. The summed E-state index contributed by atoms with van der Waals surface area (Å²) in [6.45, 7) is 3.40. The van der Waals surface area contributed by atoms with Gasteiger partial charge in [-0.1, -0.05) is 6.92 Å². The first-order valence-corrected chi connectivity index (χ1v) is 4.81. The zero-order chi connectivity index (χ0) is 12.0. The van der Waals surface area contributed by atoms with Crippen LogP contribution < -0.4 is 5.32 Å². The highest BCUT2D eigenvalue weighted by molar-refractivity contribution is 5.82. The summed E-state index contributed by atoms with van der Waals surface area (Å²) in [7, 11) is 1.50. The molecule has 2 unspecified atom stereocenters. The molecule has 0 spiro atoms. The predicted octanol–water partition coefficient (Wildman–Crippen LogP) is -0.128.